The molecule has 10 heteroatoms. The van der Waals surface area contributed by atoms with Crippen LogP contribution in [0.2, 0.25) is 5.02 Å². The minimum atomic E-state index is -4.14. The SMILES string of the molecule is Cc1ccc(S(=O)(=O)Oc2ccc3ccccc3c2/C=N\N=C2/NC(=O)[C@H](C)S2)cc1Cl. The number of hydrogen-bond donors (Lipinski definition) is 1. The Balaban J connectivity index is 1.73. The van der Waals surface area contributed by atoms with Gasteiger partial charge in [0, 0.05) is 10.6 Å². The maximum absolute atomic E-state index is 12.9. The number of amidine groups is 1. The Kier molecular flexibility index (Phi) is 6.23. The average Bonchev–Trinajstić information content (AvgIpc) is 3.08. The van der Waals surface area contributed by atoms with Gasteiger partial charge in [-0.3, -0.25) is 4.79 Å². The summed E-state index contributed by atoms with van der Waals surface area (Å²) in [6.07, 6.45) is 1.41. The molecule has 1 amide bonds. The van der Waals surface area contributed by atoms with Crippen molar-refractivity contribution in [2.75, 3.05) is 0 Å². The third-order valence-electron chi connectivity index (χ3n) is 4.79. The molecule has 1 heterocycles. The summed E-state index contributed by atoms with van der Waals surface area (Å²) in [5, 5.41) is 12.8. The Morgan fingerprint density at radius 2 is 1.94 bits per heavy atom. The lowest BCUT2D eigenvalue weighted by Crippen LogP contribution is -2.23. The number of carbonyl (C=O) groups excluding carboxylic acids is 1. The fourth-order valence-corrected chi connectivity index (χ4v) is 5.00. The molecule has 0 aliphatic carbocycles. The van der Waals surface area contributed by atoms with E-state index in [0.29, 0.717) is 15.8 Å². The minimum absolute atomic E-state index is 0.0524. The molecule has 1 saturated heterocycles. The van der Waals surface area contributed by atoms with E-state index >= 15 is 0 Å². The molecule has 1 fully saturated rings. The van der Waals surface area contributed by atoms with Gasteiger partial charge in [-0.1, -0.05) is 59.8 Å². The first-order chi connectivity index (χ1) is 15.2. The third-order valence-corrected chi connectivity index (χ3v) is 7.40. The van der Waals surface area contributed by atoms with Gasteiger partial charge in [0.2, 0.25) is 5.91 Å². The van der Waals surface area contributed by atoms with Crippen molar-refractivity contribution in [1.29, 1.82) is 0 Å². The molecule has 0 spiro atoms. The van der Waals surface area contributed by atoms with Gasteiger partial charge in [0.05, 0.1) is 11.5 Å². The Morgan fingerprint density at radius 3 is 2.66 bits per heavy atom. The van der Waals surface area contributed by atoms with E-state index < -0.39 is 10.1 Å². The van der Waals surface area contributed by atoms with E-state index in [1.54, 1.807) is 32.0 Å². The Labute approximate surface area is 194 Å². The number of benzene rings is 3. The lowest BCUT2D eigenvalue weighted by atomic mass is 10.0. The summed E-state index contributed by atoms with van der Waals surface area (Å²) in [5.74, 6) is -0.0400. The summed E-state index contributed by atoms with van der Waals surface area (Å²) in [6, 6.07) is 15.2. The van der Waals surface area contributed by atoms with Gasteiger partial charge in [-0.05, 0) is 48.4 Å². The van der Waals surface area contributed by atoms with Gasteiger partial charge in [-0.2, -0.15) is 13.5 Å². The van der Waals surface area contributed by atoms with Crippen LogP contribution < -0.4 is 9.50 Å². The van der Waals surface area contributed by atoms with Crippen molar-refractivity contribution in [3.63, 3.8) is 0 Å². The minimum Gasteiger partial charge on any atom is -0.378 e. The molecule has 4 rings (SSSR count). The van der Waals surface area contributed by atoms with Gasteiger partial charge in [0.15, 0.2) is 10.9 Å². The summed E-state index contributed by atoms with van der Waals surface area (Å²) >= 11 is 7.36. The first kappa shape index (κ1) is 22.3. The highest BCUT2D eigenvalue weighted by atomic mass is 35.5. The number of nitrogens with zero attached hydrogens (tertiary/aromatic N) is 2. The first-order valence-corrected chi connectivity index (χ1v) is 12.2. The third kappa shape index (κ3) is 4.64. The number of aryl methyl sites for hydroxylation is 1. The smallest absolute Gasteiger partial charge is 0.339 e. The van der Waals surface area contributed by atoms with Crippen LogP contribution in [-0.4, -0.2) is 31.0 Å². The van der Waals surface area contributed by atoms with Crippen LogP contribution in [0.5, 0.6) is 5.75 Å². The lowest BCUT2D eigenvalue weighted by Gasteiger charge is -2.12. The number of fused-ring (bicyclic) bond motifs is 1. The van der Waals surface area contributed by atoms with Crippen molar-refractivity contribution in [3.8, 4) is 5.75 Å². The van der Waals surface area contributed by atoms with E-state index in [4.69, 9.17) is 15.8 Å². The topological polar surface area (TPSA) is 97.2 Å². The van der Waals surface area contributed by atoms with E-state index in [0.717, 1.165) is 16.3 Å². The Hall–Kier alpha value is -2.88. The summed E-state index contributed by atoms with van der Waals surface area (Å²) in [5.41, 5.74) is 1.20. The molecule has 0 saturated carbocycles. The Morgan fingerprint density at radius 1 is 1.16 bits per heavy atom. The highest BCUT2D eigenvalue weighted by Crippen LogP contribution is 2.30. The largest absolute Gasteiger partial charge is 0.378 e. The zero-order valence-electron chi connectivity index (χ0n) is 17.1. The van der Waals surface area contributed by atoms with Crippen LogP contribution in [0.1, 0.15) is 18.1 Å². The summed E-state index contributed by atoms with van der Waals surface area (Å²) in [4.78, 5) is 11.6. The molecule has 0 bridgehead atoms. The second kappa shape index (κ2) is 8.93. The van der Waals surface area contributed by atoms with Gasteiger partial charge < -0.3 is 9.50 Å². The summed E-state index contributed by atoms with van der Waals surface area (Å²) in [6.45, 7) is 3.55. The normalized spacial score (nSPS) is 17.9. The fourth-order valence-electron chi connectivity index (χ4n) is 3.02. The fraction of sp³-hybridized carbons (Fsp3) is 0.136. The van der Waals surface area contributed by atoms with Crippen LogP contribution in [0.4, 0.5) is 0 Å². The number of rotatable bonds is 5. The van der Waals surface area contributed by atoms with Gasteiger partial charge in [-0.15, -0.1) is 5.10 Å². The van der Waals surface area contributed by atoms with E-state index in [9.17, 15) is 13.2 Å². The van der Waals surface area contributed by atoms with Crippen molar-refractivity contribution in [2.45, 2.75) is 24.0 Å². The van der Waals surface area contributed by atoms with Crippen molar-refractivity contribution >= 4 is 61.5 Å². The molecule has 3 aromatic rings. The Bertz CT molecular complexity index is 1390. The van der Waals surface area contributed by atoms with Crippen LogP contribution in [0.3, 0.4) is 0 Å². The molecule has 1 aliphatic heterocycles. The summed E-state index contributed by atoms with van der Waals surface area (Å²) in [7, 11) is -4.14. The molecule has 3 aromatic carbocycles. The number of carbonyl (C=O) groups is 1. The van der Waals surface area contributed by atoms with Crippen molar-refractivity contribution in [1.82, 2.24) is 5.32 Å². The van der Waals surface area contributed by atoms with Crippen molar-refractivity contribution < 1.29 is 17.4 Å². The van der Waals surface area contributed by atoms with E-state index in [1.807, 2.05) is 24.3 Å². The average molecular weight is 488 g/mol. The second-order valence-electron chi connectivity index (χ2n) is 7.05. The molecule has 1 atom stereocenters. The standard InChI is InChI=1S/C22H18ClN3O4S2/c1-13-7-9-16(11-19(13)23)32(28,29)30-20-10-8-15-5-3-4-6-17(15)18(20)12-24-26-22-25-21(27)14(2)31-22/h3-12,14H,1-2H3,(H,25,26,27)/b24-12-/t14-/m0/s1. The lowest BCUT2D eigenvalue weighted by molar-refractivity contribution is -0.118. The van der Waals surface area contributed by atoms with E-state index in [2.05, 4.69) is 15.5 Å². The molecule has 1 aliphatic rings. The van der Waals surface area contributed by atoms with Gasteiger partial charge >= 0.3 is 10.1 Å². The highest BCUT2D eigenvalue weighted by Gasteiger charge is 2.26. The monoisotopic (exact) mass is 487 g/mol. The number of nitrogens with one attached hydrogen (secondary N) is 1. The molecule has 7 nitrogen and oxygen atoms in total. The van der Waals surface area contributed by atoms with Crippen LogP contribution in [-0.2, 0) is 14.9 Å². The molecule has 0 radical (unpaired) electrons. The van der Waals surface area contributed by atoms with Crippen molar-refractivity contribution in [3.05, 3.63) is 70.7 Å². The predicted octanol–water partition coefficient (Wildman–Crippen LogP) is 4.51. The zero-order chi connectivity index (χ0) is 22.9. The van der Waals surface area contributed by atoms with E-state index in [-0.39, 0.29) is 21.8 Å². The number of hydrogen-bond acceptors (Lipinski definition) is 7. The molecular weight excluding hydrogens is 470 g/mol. The maximum Gasteiger partial charge on any atom is 0.339 e. The highest BCUT2D eigenvalue weighted by molar-refractivity contribution is 8.15. The number of amides is 1. The maximum atomic E-state index is 12.9. The molecule has 164 valence electrons. The predicted molar refractivity (Wildman–Crippen MR) is 128 cm³/mol. The number of halogens is 1. The zero-order valence-corrected chi connectivity index (χ0v) is 19.5. The summed E-state index contributed by atoms with van der Waals surface area (Å²) < 4.78 is 31.3. The molecule has 32 heavy (non-hydrogen) atoms. The molecule has 0 aromatic heterocycles. The second-order valence-corrected chi connectivity index (χ2v) is 10.3. The first-order valence-electron chi connectivity index (χ1n) is 9.55. The van der Waals surface area contributed by atoms with Crippen molar-refractivity contribution in [2.24, 2.45) is 10.2 Å². The van der Waals surface area contributed by atoms with Crippen LogP contribution in [0.25, 0.3) is 10.8 Å². The molecule has 0 unspecified atom stereocenters. The van der Waals surface area contributed by atoms with Crippen LogP contribution in [0.15, 0.2) is 69.7 Å². The van der Waals surface area contributed by atoms with Crippen LogP contribution in [0, 0.1) is 6.92 Å². The van der Waals surface area contributed by atoms with Gasteiger partial charge in [0.1, 0.15) is 4.90 Å². The number of thioether (sulfide) groups is 1. The molecule has 1 N–H and O–H groups in total. The molecular formula is C22H18ClN3O4S2. The van der Waals surface area contributed by atoms with Gasteiger partial charge in [0.25, 0.3) is 0 Å². The van der Waals surface area contributed by atoms with Crippen LogP contribution >= 0.6 is 23.4 Å². The quantitative estimate of drug-likeness (QED) is 0.324. The van der Waals surface area contributed by atoms with E-state index in [1.165, 1.54) is 30.1 Å². The van der Waals surface area contributed by atoms with Gasteiger partial charge in [-0.25, -0.2) is 0 Å².